The van der Waals surface area contributed by atoms with Crippen LogP contribution in [0.4, 0.5) is 5.69 Å². The first-order valence-corrected chi connectivity index (χ1v) is 11.9. The zero-order valence-electron chi connectivity index (χ0n) is 15.4. The number of sulfonamides is 1. The third-order valence-electron chi connectivity index (χ3n) is 4.26. The highest BCUT2D eigenvalue weighted by Gasteiger charge is 2.32. The number of nitrogens with zero attached hydrogens (tertiary/aromatic N) is 3. The summed E-state index contributed by atoms with van der Waals surface area (Å²) in [7, 11) is -6.62. The van der Waals surface area contributed by atoms with Gasteiger partial charge in [-0.05, 0) is 50.2 Å². The van der Waals surface area contributed by atoms with Gasteiger partial charge in [0, 0.05) is 11.5 Å². The molecule has 2 aromatic carbocycles. The Morgan fingerprint density at radius 2 is 1.50 bits per heavy atom. The summed E-state index contributed by atoms with van der Waals surface area (Å²) in [4.78, 5) is -0.110. The summed E-state index contributed by atoms with van der Waals surface area (Å²) in [5.41, 5.74) is 0.606. The monoisotopic (exact) mass is 483 g/mol. The van der Waals surface area contributed by atoms with Crippen LogP contribution in [0.5, 0.6) is 0 Å². The van der Waals surface area contributed by atoms with E-state index in [2.05, 4.69) is 21.0 Å². The highest BCUT2D eigenvalue weighted by atomic mass is 79.9. The molecule has 3 aromatic rings. The Morgan fingerprint density at radius 3 is 2.07 bits per heavy atom. The van der Waals surface area contributed by atoms with E-state index < -0.39 is 20.0 Å². The minimum atomic E-state index is -4.04. The fraction of sp³-hybridized carbons (Fsp3) is 0.167. The van der Waals surface area contributed by atoms with E-state index in [0.717, 1.165) is 12.9 Å². The normalized spacial score (nSPS) is 12.1. The van der Waals surface area contributed by atoms with E-state index in [1.54, 1.807) is 42.5 Å². The van der Waals surface area contributed by atoms with E-state index in [1.807, 2.05) is 0 Å². The second-order valence-electron chi connectivity index (χ2n) is 6.11. The molecule has 0 aliphatic carbocycles. The molecule has 0 saturated carbocycles. The Balaban J connectivity index is 2.13. The number of hydrogen-bond acceptors (Lipinski definition) is 5. The van der Waals surface area contributed by atoms with E-state index >= 15 is 0 Å². The number of para-hydroxylation sites is 1. The van der Waals surface area contributed by atoms with Crippen LogP contribution in [0.2, 0.25) is 0 Å². The van der Waals surface area contributed by atoms with Crippen molar-refractivity contribution in [2.75, 3.05) is 11.4 Å². The van der Waals surface area contributed by atoms with Crippen molar-refractivity contribution in [3.05, 3.63) is 70.5 Å². The fourth-order valence-corrected chi connectivity index (χ4v) is 6.06. The lowest BCUT2D eigenvalue weighted by Gasteiger charge is -2.19. The molecule has 148 valence electrons. The summed E-state index contributed by atoms with van der Waals surface area (Å²) in [6.07, 6.45) is 0. The van der Waals surface area contributed by atoms with Crippen molar-refractivity contribution in [3.63, 3.8) is 0 Å². The van der Waals surface area contributed by atoms with Gasteiger partial charge in [0.15, 0.2) is 0 Å². The molecule has 7 nitrogen and oxygen atoms in total. The second kappa shape index (κ2) is 7.34. The Morgan fingerprint density at radius 1 is 0.929 bits per heavy atom. The van der Waals surface area contributed by atoms with Crippen molar-refractivity contribution in [1.29, 1.82) is 0 Å². The average Bonchev–Trinajstić information content (AvgIpc) is 2.97. The molecule has 10 heteroatoms. The van der Waals surface area contributed by atoms with Crippen molar-refractivity contribution < 1.29 is 16.8 Å². The third-order valence-corrected chi connectivity index (χ3v) is 8.51. The molecule has 0 saturated heterocycles. The average molecular weight is 484 g/mol. The number of halogens is 1. The first kappa shape index (κ1) is 20.6. The van der Waals surface area contributed by atoms with Crippen LogP contribution in [0.25, 0.3) is 0 Å². The van der Waals surface area contributed by atoms with Crippen LogP contribution in [-0.4, -0.2) is 33.1 Å². The van der Waals surface area contributed by atoms with Crippen molar-refractivity contribution in [1.82, 2.24) is 9.19 Å². The largest absolute Gasteiger partial charge is 0.283 e. The zero-order chi connectivity index (χ0) is 20.7. The summed E-state index contributed by atoms with van der Waals surface area (Å²) < 4.78 is 54.9. The number of hydrogen-bond donors (Lipinski definition) is 0. The molecule has 0 bridgehead atoms. The summed E-state index contributed by atoms with van der Waals surface area (Å²) >= 11 is 3.26. The fourth-order valence-electron chi connectivity index (χ4n) is 2.83. The lowest BCUT2D eigenvalue weighted by molar-refractivity contribution is 0.577. The van der Waals surface area contributed by atoms with E-state index in [9.17, 15) is 16.8 Å². The van der Waals surface area contributed by atoms with Crippen molar-refractivity contribution in [2.45, 2.75) is 23.6 Å². The van der Waals surface area contributed by atoms with Gasteiger partial charge < -0.3 is 0 Å². The van der Waals surface area contributed by atoms with Crippen LogP contribution >= 0.6 is 15.9 Å². The van der Waals surface area contributed by atoms with Gasteiger partial charge in [-0.3, -0.25) is 4.31 Å². The molecule has 0 aliphatic rings. The van der Waals surface area contributed by atoms with Gasteiger partial charge in [0.25, 0.3) is 20.0 Å². The van der Waals surface area contributed by atoms with Crippen molar-refractivity contribution in [2.24, 2.45) is 0 Å². The van der Waals surface area contributed by atoms with Gasteiger partial charge in [0.1, 0.15) is 4.90 Å². The Kier molecular flexibility index (Phi) is 5.39. The Hall–Kier alpha value is -2.17. The smallest absolute Gasteiger partial charge is 0.269 e. The maximum atomic E-state index is 13.2. The van der Waals surface area contributed by atoms with Gasteiger partial charge in [-0.1, -0.05) is 34.1 Å². The van der Waals surface area contributed by atoms with Gasteiger partial charge in [0.05, 0.1) is 22.0 Å². The van der Waals surface area contributed by atoms with Crippen molar-refractivity contribution in [3.8, 4) is 0 Å². The van der Waals surface area contributed by atoms with Crippen LogP contribution in [0, 0.1) is 13.8 Å². The van der Waals surface area contributed by atoms with Crippen LogP contribution in [0.15, 0.2) is 68.9 Å². The summed E-state index contributed by atoms with van der Waals surface area (Å²) in [5.74, 6) is 0. The minimum absolute atomic E-state index is 0.0154. The topological polar surface area (TPSA) is 89.3 Å². The van der Waals surface area contributed by atoms with E-state index in [4.69, 9.17) is 0 Å². The lowest BCUT2D eigenvalue weighted by atomic mass is 10.3. The maximum Gasteiger partial charge on any atom is 0.283 e. The van der Waals surface area contributed by atoms with Crippen LogP contribution in [-0.2, 0) is 20.0 Å². The second-order valence-corrected chi connectivity index (χ2v) is 10.7. The van der Waals surface area contributed by atoms with E-state index in [0.29, 0.717) is 5.69 Å². The van der Waals surface area contributed by atoms with Gasteiger partial charge in [-0.25, -0.2) is 8.42 Å². The maximum absolute atomic E-state index is 13.2. The number of aromatic nitrogens is 2. The highest BCUT2D eigenvalue weighted by molar-refractivity contribution is 9.10. The van der Waals surface area contributed by atoms with Crippen molar-refractivity contribution >= 4 is 41.7 Å². The molecule has 1 heterocycles. The standard InChI is InChI=1S/C18H18BrN3O4S2/c1-13-18(28(25,26)21(3)16-7-5-4-6-8-16)14(2)22(20-13)27(23,24)17-11-9-15(19)10-12-17/h4-12H,1-3H3. The molecule has 0 radical (unpaired) electrons. The molecule has 1 aromatic heterocycles. The Labute approximate surface area is 172 Å². The molecule has 0 amide bonds. The predicted octanol–water partition coefficient (Wildman–Crippen LogP) is 3.32. The summed E-state index contributed by atoms with van der Waals surface area (Å²) in [6, 6.07) is 14.6. The minimum Gasteiger partial charge on any atom is -0.269 e. The molecular formula is C18H18BrN3O4S2. The first-order chi connectivity index (χ1) is 13.1. The van der Waals surface area contributed by atoms with Crippen LogP contribution < -0.4 is 4.31 Å². The number of aryl methyl sites for hydroxylation is 1. The number of rotatable bonds is 5. The zero-order valence-corrected chi connectivity index (χ0v) is 18.6. The van der Waals surface area contributed by atoms with Crippen LogP contribution in [0.1, 0.15) is 11.4 Å². The molecule has 0 fully saturated rings. The molecule has 0 spiro atoms. The Bertz CT molecular complexity index is 1220. The number of anilines is 1. The third kappa shape index (κ3) is 3.47. The molecule has 0 atom stereocenters. The summed E-state index contributed by atoms with van der Waals surface area (Å²) in [6.45, 7) is 2.91. The SMILES string of the molecule is Cc1nn(S(=O)(=O)c2ccc(Br)cc2)c(C)c1S(=O)(=O)N(C)c1ccccc1. The molecule has 0 aliphatic heterocycles. The quantitative estimate of drug-likeness (QED) is 0.555. The predicted molar refractivity (Wildman–Crippen MR) is 110 cm³/mol. The molecule has 0 N–H and O–H groups in total. The van der Waals surface area contributed by atoms with E-state index in [-0.39, 0.29) is 21.2 Å². The molecule has 3 rings (SSSR count). The number of benzene rings is 2. The van der Waals surface area contributed by atoms with E-state index in [1.165, 1.54) is 33.0 Å². The first-order valence-electron chi connectivity index (χ1n) is 8.18. The highest BCUT2D eigenvalue weighted by Crippen LogP contribution is 2.28. The van der Waals surface area contributed by atoms with Gasteiger partial charge in [-0.15, -0.1) is 0 Å². The summed E-state index contributed by atoms with van der Waals surface area (Å²) in [5, 5.41) is 4.03. The van der Waals surface area contributed by atoms with Gasteiger partial charge in [-0.2, -0.15) is 17.6 Å². The molecule has 28 heavy (non-hydrogen) atoms. The van der Waals surface area contributed by atoms with Gasteiger partial charge >= 0.3 is 0 Å². The van der Waals surface area contributed by atoms with Gasteiger partial charge in [0.2, 0.25) is 0 Å². The molecular weight excluding hydrogens is 466 g/mol. The lowest BCUT2D eigenvalue weighted by Crippen LogP contribution is -2.27. The van der Waals surface area contributed by atoms with Crippen LogP contribution in [0.3, 0.4) is 0 Å². The molecule has 0 unspecified atom stereocenters.